The summed E-state index contributed by atoms with van der Waals surface area (Å²) in [5.41, 5.74) is 0. The fourth-order valence-corrected chi connectivity index (χ4v) is 1.47. The fourth-order valence-electron chi connectivity index (χ4n) is 1.47. The molecule has 0 bridgehead atoms. The number of carbonyl (C=O) groups is 2. The van der Waals surface area contributed by atoms with Crippen molar-refractivity contribution >= 4 is 17.8 Å². The molecule has 104 valence electrons. The number of rotatable bonds is 6. The van der Waals surface area contributed by atoms with Gasteiger partial charge in [-0.15, -0.1) is 0 Å². The summed E-state index contributed by atoms with van der Waals surface area (Å²) in [4.78, 5) is 32.3. The van der Waals surface area contributed by atoms with Gasteiger partial charge in [-0.1, -0.05) is 13.8 Å². The molecule has 0 fully saturated rings. The maximum Gasteiger partial charge on any atom is 0.433 e. The van der Waals surface area contributed by atoms with Crippen LogP contribution in [0.15, 0.2) is 16.5 Å². The number of nitrogens with zero attached hydrogens (tertiary/aromatic N) is 1. The highest BCUT2D eigenvalue weighted by molar-refractivity contribution is 5.94. The van der Waals surface area contributed by atoms with E-state index in [1.807, 2.05) is 13.8 Å². The van der Waals surface area contributed by atoms with Crippen LogP contribution in [-0.2, 0) is 4.79 Å². The van der Waals surface area contributed by atoms with E-state index in [-0.39, 0.29) is 18.1 Å². The third-order valence-electron chi connectivity index (χ3n) is 2.31. The quantitative estimate of drug-likeness (QED) is 0.595. The van der Waals surface area contributed by atoms with Gasteiger partial charge in [0.15, 0.2) is 5.76 Å². The van der Waals surface area contributed by atoms with Gasteiger partial charge in [0, 0.05) is 0 Å². The van der Waals surface area contributed by atoms with Crippen LogP contribution in [-0.4, -0.2) is 27.9 Å². The largest absolute Gasteiger partial charge is 0.480 e. The number of hydrogen-bond donors (Lipinski definition) is 2. The first-order valence-electron chi connectivity index (χ1n) is 5.59. The Hall–Kier alpha value is -2.38. The summed E-state index contributed by atoms with van der Waals surface area (Å²) in [6.45, 7) is 3.64. The highest BCUT2D eigenvalue weighted by Crippen LogP contribution is 2.16. The lowest BCUT2D eigenvalue weighted by atomic mass is 10.0. The average molecular weight is 270 g/mol. The monoisotopic (exact) mass is 270 g/mol. The summed E-state index contributed by atoms with van der Waals surface area (Å²) in [5.74, 6) is -2.74. The molecule has 1 heterocycles. The van der Waals surface area contributed by atoms with Crippen LogP contribution in [0.3, 0.4) is 0 Å². The summed E-state index contributed by atoms with van der Waals surface area (Å²) in [6, 6.07) is 1.10. The molecule has 0 aromatic carbocycles. The fraction of sp³-hybridized carbons (Fsp3) is 0.455. The first-order valence-corrected chi connectivity index (χ1v) is 5.59. The summed E-state index contributed by atoms with van der Waals surface area (Å²) in [5, 5.41) is 21.6. The zero-order valence-corrected chi connectivity index (χ0v) is 10.5. The number of carboxylic acid groups (broad SMARTS) is 1. The van der Waals surface area contributed by atoms with E-state index in [4.69, 9.17) is 5.11 Å². The number of hydrogen-bond acceptors (Lipinski definition) is 5. The van der Waals surface area contributed by atoms with Gasteiger partial charge < -0.3 is 14.8 Å². The topological polar surface area (TPSA) is 123 Å². The Morgan fingerprint density at radius 1 is 1.47 bits per heavy atom. The van der Waals surface area contributed by atoms with Crippen molar-refractivity contribution < 1.29 is 24.0 Å². The maximum atomic E-state index is 11.7. The van der Waals surface area contributed by atoms with Crippen LogP contribution in [0.2, 0.25) is 0 Å². The SMILES string of the molecule is CC(C)C[C@@H](NC(=O)c1ccc([N+](=O)[O-])o1)C(=O)O. The molecule has 8 nitrogen and oxygen atoms in total. The second-order valence-corrected chi connectivity index (χ2v) is 4.39. The van der Waals surface area contributed by atoms with E-state index in [2.05, 4.69) is 9.73 Å². The highest BCUT2D eigenvalue weighted by atomic mass is 16.6. The van der Waals surface area contributed by atoms with Crippen molar-refractivity contribution in [2.75, 3.05) is 0 Å². The van der Waals surface area contributed by atoms with Crippen molar-refractivity contribution in [2.45, 2.75) is 26.3 Å². The minimum absolute atomic E-state index is 0.0762. The second kappa shape index (κ2) is 5.98. The van der Waals surface area contributed by atoms with E-state index < -0.39 is 28.7 Å². The molecule has 1 atom stereocenters. The molecule has 0 spiro atoms. The minimum atomic E-state index is -1.16. The molecule has 8 heteroatoms. The van der Waals surface area contributed by atoms with E-state index in [1.54, 1.807) is 0 Å². The highest BCUT2D eigenvalue weighted by Gasteiger charge is 2.24. The molecule has 1 aromatic heterocycles. The number of nitro groups is 1. The lowest BCUT2D eigenvalue weighted by Gasteiger charge is -2.15. The summed E-state index contributed by atoms with van der Waals surface area (Å²) in [7, 11) is 0. The number of nitrogens with one attached hydrogen (secondary N) is 1. The predicted octanol–water partition coefficient (Wildman–Crippen LogP) is 1.42. The first-order chi connectivity index (χ1) is 8.81. The Morgan fingerprint density at radius 2 is 2.11 bits per heavy atom. The van der Waals surface area contributed by atoms with Crippen molar-refractivity contribution in [3.05, 3.63) is 28.0 Å². The van der Waals surface area contributed by atoms with Crippen LogP contribution in [0.4, 0.5) is 5.88 Å². The van der Waals surface area contributed by atoms with Gasteiger partial charge in [-0.2, -0.15) is 0 Å². The molecule has 2 N–H and O–H groups in total. The van der Waals surface area contributed by atoms with Gasteiger partial charge in [0.05, 0.1) is 6.07 Å². The molecule has 1 amide bonds. The van der Waals surface area contributed by atoms with E-state index in [0.29, 0.717) is 0 Å². The summed E-state index contributed by atoms with van der Waals surface area (Å²) >= 11 is 0. The lowest BCUT2D eigenvalue weighted by molar-refractivity contribution is -0.402. The van der Waals surface area contributed by atoms with Crippen molar-refractivity contribution in [3.63, 3.8) is 0 Å². The first kappa shape index (κ1) is 14.7. The Kier molecular flexibility index (Phi) is 4.62. The van der Waals surface area contributed by atoms with Gasteiger partial charge in [-0.05, 0) is 18.4 Å². The van der Waals surface area contributed by atoms with Crippen LogP contribution in [0.25, 0.3) is 0 Å². The predicted molar refractivity (Wildman–Crippen MR) is 63.7 cm³/mol. The molecular weight excluding hydrogens is 256 g/mol. The standard InChI is InChI=1S/C11H14N2O6/c1-6(2)5-7(11(15)16)12-10(14)8-3-4-9(19-8)13(17)18/h3-4,6-7H,5H2,1-2H3,(H,12,14)(H,15,16)/t7-/m1/s1. The molecule has 1 rings (SSSR count). The number of amides is 1. The third-order valence-corrected chi connectivity index (χ3v) is 2.31. The van der Waals surface area contributed by atoms with E-state index >= 15 is 0 Å². The van der Waals surface area contributed by atoms with Crippen LogP contribution in [0, 0.1) is 16.0 Å². The van der Waals surface area contributed by atoms with E-state index in [0.717, 1.165) is 12.1 Å². The second-order valence-electron chi connectivity index (χ2n) is 4.39. The third kappa shape index (κ3) is 4.09. The Balaban J connectivity index is 2.75. The number of furan rings is 1. The number of carbonyl (C=O) groups excluding carboxylic acids is 1. The van der Waals surface area contributed by atoms with E-state index in [9.17, 15) is 19.7 Å². The van der Waals surface area contributed by atoms with Crippen LogP contribution < -0.4 is 5.32 Å². The molecule has 0 saturated carbocycles. The molecule has 19 heavy (non-hydrogen) atoms. The molecule has 0 aliphatic carbocycles. The van der Waals surface area contributed by atoms with E-state index in [1.165, 1.54) is 0 Å². The Bertz CT molecular complexity index is 493. The molecular formula is C11H14N2O6. The van der Waals surface area contributed by atoms with Gasteiger partial charge in [0.2, 0.25) is 0 Å². The molecule has 0 unspecified atom stereocenters. The Labute approximate surface area is 108 Å². The zero-order chi connectivity index (χ0) is 14.6. The van der Waals surface area contributed by atoms with Gasteiger partial charge in [-0.3, -0.25) is 14.9 Å². The lowest BCUT2D eigenvalue weighted by Crippen LogP contribution is -2.41. The van der Waals surface area contributed by atoms with Gasteiger partial charge >= 0.3 is 11.9 Å². The van der Waals surface area contributed by atoms with Crippen molar-refractivity contribution in [2.24, 2.45) is 5.92 Å². The van der Waals surface area contributed by atoms with Gasteiger partial charge in [0.1, 0.15) is 11.0 Å². The number of carboxylic acids is 1. The normalized spacial score (nSPS) is 12.2. The van der Waals surface area contributed by atoms with Gasteiger partial charge in [-0.25, -0.2) is 4.79 Å². The van der Waals surface area contributed by atoms with Crippen LogP contribution in [0.5, 0.6) is 0 Å². The smallest absolute Gasteiger partial charge is 0.433 e. The molecule has 0 radical (unpaired) electrons. The molecule has 0 aliphatic heterocycles. The zero-order valence-electron chi connectivity index (χ0n) is 10.5. The molecule has 0 aliphatic rings. The van der Waals surface area contributed by atoms with Crippen molar-refractivity contribution in [1.82, 2.24) is 5.32 Å². The number of aliphatic carboxylic acids is 1. The van der Waals surface area contributed by atoms with Crippen LogP contribution >= 0.6 is 0 Å². The minimum Gasteiger partial charge on any atom is -0.480 e. The maximum absolute atomic E-state index is 11.7. The molecule has 1 aromatic rings. The van der Waals surface area contributed by atoms with Crippen LogP contribution in [0.1, 0.15) is 30.8 Å². The summed E-state index contributed by atoms with van der Waals surface area (Å²) < 4.78 is 4.69. The van der Waals surface area contributed by atoms with Gasteiger partial charge in [0.25, 0.3) is 5.91 Å². The van der Waals surface area contributed by atoms with Crippen molar-refractivity contribution in [3.8, 4) is 0 Å². The summed E-state index contributed by atoms with van der Waals surface area (Å²) in [6.07, 6.45) is 0.254. The average Bonchev–Trinajstić information content (AvgIpc) is 2.76. The van der Waals surface area contributed by atoms with Crippen molar-refractivity contribution in [1.29, 1.82) is 0 Å². The Morgan fingerprint density at radius 3 is 2.53 bits per heavy atom. The molecule has 0 saturated heterocycles.